The van der Waals surface area contributed by atoms with Crippen LogP contribution in [0.2, 0.25) is 0 Å². The molecule has 32 heavy (non-hydrogen) atoms. The SMILES string of the molecule is CSc1nc(NCC(C)C)c2cnn(CCNC(=O)Cc3cn(C)c4ccccc34)c2n1. The monoisotopic (exact) mass is 451 g/mol. The van der Waals surface area contributed by atoms with Crippen LogP contribution in [-0.4, -0.2) is 49.6 Å². The van der Waals surface area contributed by atoms with Crippen LogP contribution in [0.5, 0.6) is 0 Å². The number of aromatic nitrogens is 5. The number of carbonyl (C=O) groups excluding carboxylic acids is 1. The molecule has 0 radical (unpaired) electrons. The summed E-state index contributed by atoms with van der Waals surface area (Å²) in [7, 11) is 2.00. The third kappa shape index (κ3) is 4.72. The fourth-order valence-corrected chi connectivity index (χ4v) is 4.09. The van der Waals surface area contributed by atoms with Gasteiger partial charge in [0, 0.05) is 37.2 Å². The Morgan fingerprint density at radius 3 is 2.78 bits per heavy atom. The van der Waals surface area contributed by atoms with Crippen molar-refractivity contribution < 1.29 is 4.79 Å². The number of carbonyl (C=O) groups is 1. The molecule has 1 amide bonds. The largest absolute Gasteiger partial charge is 0.369 e. The Balaban J connectivity index is 1.42. The molecule has 3 aromatic heterocycles. The first-order chi connectivity index (χ1) is 15.5. The predicted octanol–water partition coefficient (Wildman–Crippen LogP) is 3.47. The molecule has 1 aromatic carbocycles. The highest BCUT2D eigenvalue weighted by Crippen LogP contribution is 2.24. The van der Waals surface area contributed by atoms with Gasteiger partial charge in [-0.1, -0.05) is 43.8 Å². The molecule has 0 aliphatic rings. The number of thioether (sulfide) groups is 1. The Hall–Kier alpha value is -3.07. The van der Waals surface area contributed by atoms with Gasteiger partial charge in [0.25, 0.3) is 0 Å². The zero-order valence-electron chi connectivity index (χ0n) is 18.9. The molecular formula is C23H29N7OS. The van der Waals surface area contributed by atoms with Crippen LogP contribution in [0.4, 0.5) is 5.82 Å². The molecule has 0 unspecified atom stereocenters. The van der Waals surface area contributed by atoms with Crippen molar-refractivity contribution in [2.75, 3.05) is 24.7 Å². The highest BCUT2D eigenvalue weighted by molar-refractivity contribution is 7.98. The second-order valence-electron chi connectivity index (χ2n) is 8.25. The maximum absolute atomic E-state index is 12.6. The summed E-state index contributed by atoms with van der Waals surface area (Å²) < 4.78 is 3.89. The number of para-hydroxylation sites is 1. The summed E-state index contributed by atoms with van der Waals surface area (Å²) in [5, 5.41) is 13.6. The van der Waals surface area contributed by atoms with E-state index in [0.717, 1.165) is 39.9 Å². The summed E-state index contributed by atoms with van der Waals surface area (Å²) >= 11 is 1.50. The highest BCUT2D eigenvalue weighted by atomic mass is 32.2. The van der Waals surface area contributed by atoms with E-state index in [-0.39, 0.29) is 5.91 Å². The quantitative estimate of drug-likeness (QED) is 0.299. The van der Waals surface area contributed by atoms with Gasteiger partial charge in [-0.25, -0.2) is 14.6 Å². The lowest BCUT2D eigenvalue weighted by Gasteiger charge is -2.11. The topological polar surface area (TPSA) is 89.7 Å². The number of anilines is 1. The summed E-state index contributed by atoms with van der Waals surface area (Å²) in [5.41, 5.74) is 2.94. The van der Waals surface area contributed by atoms with E-state index < -0.39 is 0 Å². The number of hydrogen-bond acceptors (Lipinski definition) is 6. The average Bonchev–Trinajstić information content (AvgIpc) is 3.33. The van der Waals surface area contributed by atoms with Gasteiger partial charge >= 0.3 is 0 Å². The second-order valence-corrected chi connectivity index (χ2v) is 9.02. The normalized spacial score (nSPS) is 11.5. The van der Waals surface area contributed by atoms with Gasteiger partial charge in [0.1, 0.15) is 5.82 Å². The second kappa shape index (κ2) is 9.60. The summed E-state index contributed by atoms with van der Waals surface area (Å²) in [6.45, 7) is 6.17. The van der Waals surface area contributed by atoms with E-state index in [1.807, 2.05) is 36.3 Å². The Morgan fingerprint density at radius 1 is 1.19 bits per heavy atom. The van der Waals surface area contributed by atoms with Crippen LogP contribution in [0, 0.1) is 5.92 Å². The maximum atomic E-state index is 12.6. The van der Waals surface area contributed by atoms with Crippen LogP contribution in [0.3, 0.4) is 0 Å². The first kappa shape index (κ1) is 22.1. The van der Waals surface area contributed by atoms with Crippen LogP contribution in [0.1, 0.15) is 19.4 Å². The Bertz CT molecular complexity index is 1240. The smallest absolute Gasteiger partial charge is 0.224 e. The van der Waals surface area contributed by atoms with Gasteiger partial charge in [0.15, 0.2) is 10.8 Å². The van der Waals surface area contributed by atoms with E-state index in [1.165, 1.54) is 11.8 Å². The van der Waals surface area contributed by atoms with E-state index in [4.69, 9.17) is 0 Å². The first-order valence-electron chi connectivity index (χ1n) is 10.8. The van der Waals surface area contributed by atoms with Gasteiger partial charge in [-0.15, -0.1) is 0 Å². The molecule has 0 fully saturated rings. The number of rotatable bonds is 9. The molecule has 0 saturated carbocycles. The van der Waals surface area contributed by atoms with Crippen molar-refractivity contribution in [1.82, 2.24) is 29.6 Å². The molecular weight excluding hydrogens is 422 g/mol. The summed E-state index contributed by atoms with van der Waals surface area (Å²) in [6.07, 6.45) is 6.13. The van der Waals surface area contributed by atoms with E-state index in [0.29, 0.717) is 30.6 Å². The van der Waals surface area contributed by atoms with Crippen molar-refractivity contribution >= 4 is 45.4 Å². The molecule has 8 nitrogen and oxygen atoms in total. The number of hydrogen-bond donors (Lipinski definition) is 2. The van der Waals surface area contributed by atoms with Gasteiger partial charge in [-0.3, -0.25) is 4.79 Å². The predicted molar refractivity (Wildman–Crippen MR) is 130 cm³/mol. The molecule has 0 saturated heterocycles. The number of fused-ring (bicyclic) bond motifs is 2. The first-order valence-corrected chi connectivity index (χ1v) is 12.0. The zero-order chi connectivity index (χ0) is 22.7. The minimum atomic E-state index is -0.00321. The lowest BCUT2D eigenvalue weighted by molar-refractivity contribution is -0.120. The molecule has 4 aromatic rings. The third-order valence-corrected chi connectivity index (χ3v) is 5.86. The Morgan fingerprint density at radius 2 is 2.00 bits per heavy atom. The molecule has 3 heterocycles. The number of nitrogens with zero attached hydrogens (tertiary/aromatic N) is 5. The summed E-state index contributed by atoms with van der Waals surface area (Å²) in [6, 6.07) is 8.13. The van der Waals surface area contributed by atoms with Gasteiger partial charge in [0.05, 0.1) is 24.5 Å². The number of amides is 1. The molecule has 0 aliphatic heterocycles. The molecule has 0 bridgehead atoms. The molecule has 9 heteroatoms. The van der Waals surface area contributed by atoms with E-state index >= 15 is 0 Å². The molecule has 168 valence electrons. The van der Waals surface area contributed by atoms with Crippen molar-refractivity contribution in [2.45, 2.75) is 32.0 Å². The van der Waals surface area contributed by atoms with E-state index in [2.05, 4.69) is 56.2 Å². The van der Waals surface area contributed by atoms with Crippen LogP contribution in [0.25, 0.3) is 21.9 Å². The van der Waals surface area contributed by atoms with E-state index in [9.17, 15) is 4.79 Å². The van der Waals surface area contributed by atoms with E-state index in [1.54, 1.807) is 6.20 Å². The molecule has 4 rings (SSSR count). The van der Waals surface area contributed by atoms with Crippen LogP contribution < -0.4 is 10.6 Å². The van der Waals surface area contributed by atoms with Crippen molar-refractivity contribution in [1.29, 1.82) is 0 Å². The van der Waals surface area contributed by atoms with Gasteiger partial charge in [0.2, 0.25) is 5.91 Å². The van der Waals surface area contributed by atoms with Crippen LogP contribution >= 0.6 is 11.8 Å². The average molecular weight is 452 g/mol. The number of benzene rings is 1. The molecule has 0 spiro atoms. The highest BCUT2D eigenvalue weighted by Gasteiger charge is 2.14. The Labute approximate surface area is 191 Å². The zero-order valence-corrected chi connectivity index (χ0v) is 19.7. The van der Waals surface area contributed by atoms with Gasteiger partial charge in [-0.05, 0) is 23.8 Å². The minimum Gasteiger partial charge on any atom is -0.369 e. The minimum absolute atomic E-state index is 0.00321. The van der Waals surface area contributed by atoms with Crippen molar-refractivity contribution in [3.05, 3.63) is 42.2 Å². The standard InChI is InChI=1S/C23H29N7OS/c1-15(2)12-25-21-18-13-26-30(22(18)28-23(27-21)32-4)10-9-24-20(31)11-16-14-29(3)19-8-6-5-7-17(16)19/h5-8,13-15H,9-12H2,1-4H3,(H,24,31)(H,25,27,28). The summed E-state index contributed by atoms with van der Waals surface area (Å²) in [4.78, 5) is 21.8. The van der Waals surface area contributed by atoms with Crippen LogP contribution in [0.15, 0.2) is 41.8 Å². The van der Waals surface area contributed by atoms with Crippen LogP contribution in [-0.2, 0) is 24.8 Å². The van der Waals surface area contributed by atoms with Gasteiger partial charge < -0.3 is 15.2 Å². The number of nitrogens with one attached hydrogen (secondary N) is 2. The molecule has 2 N–H and O–H groups in total. The number of aryl methyl sites for hydroxylation is 1. The fraction of sp³-hybridized carbons (Fsp3) is 0.391. The summed E-state index contributed by atoms with van der Waals surface area (Å²) in [5.74, 6) is 1.31. The molecule has 0 atom stereocenters. The lowest BCUT2D eigenvalue weighted by Crippen LogP contribution is -2.28. The van der Waals surface area contributed by atoms with Gasteiger partial charge in [-0.2, -0.15) is 5.10 Å². The lowest BCUT2D eigenvalue weighted by atomic mass is 10.1. The van der Waals surface area contributed by atoms with Crippen molar-refractivity contribution in [3.63, 3.8) is 0 Å². The van der Waals surface area contributed by atoms with Crippen molar-refractivity contribution in [3.8, 4) is 0 Å². The Kier molecular flexibility index (Phi) is 6.64. The molecule has 0 aliphatic carbocycles. The van der Waals surface area contributed by atoms with Crippen molar-refractivity contribution in [2.24, 2.45) is 13.0 Å². The third-order valence-electron chi connectivity index (χ3n) is 5.31. The maximum Gasteiger partial charge on any atom is 0.224 e. The fourth-order valence-electron chi connectivity index (χ4n) is 3.73.